The van der Waals surface area contributed by atoms with E-state index in [1.165, 1.54) is 7.11 Å². The van der Waals surface area contributed by atoms with E-state index in [-0.39, 0.29) is 5.82 Å². The molecule has 2 N–H and O–H groups in total. The van der Waals surface area contributed by atoms with Crippen LogP contribution < -0.4 is 10.5 Å². The molecule has 2 rings (SSSR count). The highest BCUT2D eigenvalue weighted by Crippen LogP contribution is 2.39. The van der Waals surface area contributed by atoms with E-state index in [9.17, 15) is 4.39 Å². The largest absolute Gasteiger partial charge is 0.496 e. The van der Waals surface area contributed by atoms with E-state index in [4.69, 9.17) is 10.5 Å². The minimum Gasteiger partial charge on any atom is -0.496 e. The number of halogens is 2. The molecule has 0 spiro atoms. The molecule has 2 aromatic rings. The van der Waals surface area contributed by atoms with Crippen LogP contribution in [-0.2, 0) is 7.05 Å². The van der Waals surface area contributed by atoms with E-state index in [2.05, 4.69) is 21.0 Å². The van der Waals surface area contributed by atoms with E-state index < -0.39 is 0 Å². The van der Waals surface area contributed by atoms with Crippen molar-refractivity contribution in [2.24, 2.45) is 7.05 Å². The van der Waals surface area contributed by atoms with Crippen LogP contribution in [0.15, 0.2) is 16.7 Å². The van der Waals surface area contributed by atoms with Crippen LogP contribution in [0.2, 0.25) is 0 Å². The number of nitrogen functional groups attached to an aromatic ring is 1. The lowest BCUT2D eigenvalue weighted by atomic mass is 10.0. The summed E-state index contributed by atoms with van der Waals surface area (Å²) >= 11 is 3.19. The minimum atomic E-state index is -0.335. The first kappa shape index (κ1) is 12.9. The Kier molecular flexibility index (Phi) is 3.30. The van der Waals surface area contributed by atoms with Gasteiger partial charge in [-0.1, -0.05) is 0 Å². The van der Waals surface area contributed by atoms with Gasteiger partial charge in [0.15, 0.2) is 0 Å². The number of benzene rings is 1. The lowest BCUT2D eigenvalue weighted by Gasteiger charge is -2.13. The van der Waals surface area contributed by atoms with Crippen LogP contribution in [0.5, 0.6) is 5.75 Å². The minimum absolute atomic E-state index is 0.335. The van der Waals surface area contributed by atoms with Crippen molar-refractivity contribution in [3.8, 4) is 16.9 Å². The van der Waals surface area contributed by atoms with E-state index in [0.717, 1.165) is 5.56 Å². The smallest absolute Gasteiger partial charge is 0.144 e. The van der Waals surface area contributed by atoms with E-state index in [0.29, 0.717) is 27.2 Å². The molecule has 96 valence electrons. The molecule has 1 aromatic heterocycles. The van der Waals surface area contributed by atoms with E-state index in [1.807, 2.05) is 0 Å². The predicted octanol–water partition coefficient (Wildman–Crippen LogP) is 2.89. The van der Waals surface area contributed by atoms with Crippen molar-refractivity contribution in [3.63, 3.8) is 0 Å². The number of rotatable bonds is 2. The van der Waals surface area contributed by atoms with Gasteiger partial charge >= 0.3 is 0 Å². The summed E-state index contributed by atoms with van der Waals surface area (Å²) in [6.07, 6.45) is 1.64. The molecular formula is C12H13BrFN3O. The fourth-order valence-corrected chi connectivity index (χ4v) is 2.38. The molecule has 0 aliphatic heterocycles. The predicted molar refractivity (Wildman–Crippen MR) is 72.0 cm³/mol. The lowest BCUT2D eigenvalue weighted by molar-refractivity contribution is 0.408. The van der Waals surface area contributed by atoms with Gasteiger partial charge in [-0.05, 0) is 28.9 Å². The maximum atomic E-state index is 13.8. The molecule has 0 fully saturated rings. The summed E-state index contributed by atoms with van der Waals surface area (Å²) < 4.78 is 21.0. The third-order valence-corrected chi connectivity index (χ3v) is 3.45. The molecule has 0 radical (unpaired) electrons. The summed E-state index contributed by atoms with van der Waals surface area (Å²) in [5.41, 5.74) is 7.80. The summed E-state index contributed by atoms with van der Waals surface area (Å²) in [6, 6.07) is 1.65. The third-order valence-electron chi connectivity index (χ3n) is 2.87. The van der Waals surface area contributed by atoms with Crippen LogP contribution in [0.25, 0.3) is 11.1 Å². The Balaban J connectivity index is 2.75. The van der Waals surface area contributed by atoms with Crippen LogP contribution in [0, 0.1) is 12.7 Å². The number of methoxy groups -OCH3 is 1. The Morgan fingerprint density at radius 2 is 2.11 bits per heavy atom. The zero-order valence-corrected chi connectivity index (χ0v) is 11.9. The van der Waals surface area contributed by atoms with Gasteiger partial charge < -0.3 is 10.5 Å². The summed E-state index contributed by atoms with van der Waals surface area (Å²) in [7, 11) is 3.25. The first-order valence-corrected chi connectivity index (χ1v) is 6.07. The molecule has 18 heavy (non-hydrogen) atoms. The van der Waals surface area contributed by atoms with Crippen molar-refractivity contribution in [2.75, 3.05) is 12.8 Å². The number of anilines is 1. The van der Waals surface area contributed by atoms with Gasteiger partial charge in [-0.2, -0.15) is 5.10 Å². The molecule has 0 saturated carbocycles. The number of ether oxygens (including phenoxy) is 1. The average molecular weight is 314 g/mol. The quantitative estimate of drug-likeness (QED) is 0.927. The van der Waals surface area contributed by atoms with Gasteiger partial charge in [-0.15, -0.1) is 0 Å². The number of nitrogens with two attached hydrogens (primary N) is 1. The van der Waals surface area contributed by atoms with E-state index in [1.54, 1.807) is 30.9 Å². The number of hydrogen-bond donors (Lipinski definition) is 1. The maximum Gasteiger partial charge on any atom is 0.144 e. The Morgan fingerprint density at radius 3 is 2.61 bits per heavy atom. The highest BCUT2D eigenvalue weighted by Gasteiger charge is 2.19. The average Bonchev–Trinajstić information content (AvgIpc) is 2.67. The monoisotopic (exact) mass is 313 g/mol. The van der Waals surface area contributed by atoms with Gasteiger partial charge in [0.25, 0.3) is 0 Å². The summed E-state index contributed by atoms with van der Waals surface area (Å²) in [5.74, 6) is 0.639. The topological polar surface area (TPSA) is 53.1 Å². The Hall–Kier alpha value is -1.56. The first-order valence-electron chi connectivity index (χ1n) is 5.27. The van der Waals surface area contributed by atoms with Crippen LogP contribution in [0.3, 0.4) is 0 Å². The molecule has 0 aliphatic rings. The molecule has 0 aliphatic carbocycles. The highest BCUT2D eigenvalue weighted by atomic mass is 79.9. The fourth-order valence-electron chi connectivity index (χ4n) is 1.85. The third kappa shape index (κ3) is 1.86. The molecule has 4 nitrogen and oxygen atoms in total. The number of aromatic nitrogens is 2. The van der Waals surface area contributed by atoms with Gasteiger partial charge in [-0.25, -0.2) is 4.39 Å². The first-order chi connectivity index (χ1) is 8.47. The van der Waals surface area contributed by atoms with Crippen molar-refractivity contribution in [1.29, 1.82) is 0 Å². The molecular weight excluding hydrogens is 301 g/mol. The summed E-state index contributed by atoms with van der Waals surface area (Å²) in [5, 5.41) is 4.08. The normalized spacial score (nSPS) is 10.7. The Labute approximate surface area is 113 Å². The second-order valence-electron chi connectivity index (χ2n) is 3.95. The SMILES string of the molecule is COc1c(-c2cnn(C)c2N)cc(Br)c(F)c1C. The summed E-state index contributed by atoms with van der Waals surface area (Å²) in [6.45, 7) is 1.66. The Bertz CT molecular complexity index is 610. The van der Waals surface area contributed by atoms with E-state index >= 15 is 0 Å². The van der Waals surface area contributed by atoms with Gasteiger partial charge in [-0.3, -0.25) is 4.68 Å². The van der Waals surface area contributed by atoms with Gasteiger partial charge in [0, 0.05) is 23.7 Å². The lowest BCUT2D eigenvalue weighted by Crippen LogP contribution is -2.00. The van der Waals surface area contributed by atoms with Gasteiger partial charge in [0.05, 0.1) is 17.8 Å². The number of nitrogens with zero attached hydrogens (tertiary/aromatic N) is 2. The molecule has 0 amide bonds. The number of hydrogen-bond acceptors (Lipinski definition) is 3. The molecule has 0 atom stereocenters. The van der Waals surface area contributed by atoms with Crippen LogP contribution in [0.4, 0.5) is 10.2 Å². The molecule has 0 bridgehead atoms. The zero-order chi connectivity index (χ0) is 13.4. The molecule has 1 heterocycles. The van der Waals surface area contributed by atoms with Gasteiger partial charge in [0.2, 0.25) is 0 Å². The molecule has 0 unspecified atom stereocenters. The van der Waals surface area contributed by atoms with Gasteiger partial charge in [0.1, 0.15) is 17.4 Å². The highest BCUT2D eigenvalue weighted by molar-refractivity contribution is 9.10. The second kappa shape index (κ2) is 4.61. The van der Waals surface area contributed by atoms with Crippen molar-refractivity contribution in [3.05, 3.63) is 28.1 Å². The van der Waals surface area contributed by atoms with Crippen molar-refractivity contribution < 1.29 is 9.13 Å². The molecule has 6 heteroatoms. The van der Waals surface area contributed by atoms with Crippen molar-refractivity contribution >= 4 is 21.7 Å². The fraction of sp³-hybridized carbons (Fsp3) is 0.250. The zero-order valence-electron chi connectivity index (χ0n) is 10.3. The van der Waals surface area contributed by atoms with Crippen LogP contribution in [-0.4, -0.2) is 16.9 Å². The molecule has 1 aromatic carbocycles. The summed E-state index contributed by atoms with van der Waals surface area (Å²) in [4.78, 5) is 0. The van der Waals surface area contributed by atoms with Crippen molar-refractivity contribution in [1.82, 2.24) is 9.78 Å². The van der Waals surface area contributed by atoms with Crippen LogP contribution >= 0.6 is 15.9 Å². The number of aryl methyl sites for hydroxylation is 1. The van der Waals surface area contributed by atoms with Crippen LogP contribution in [0.1, 0.15) is 5.56 Å². The Morgan fingerprint density at radius 1 is 1.44 bits per heavy atom. The second-order valence-corrected chi connectivity index (χ2v) is 4.80. The molecule has 0 saturated heterocycles. The maximum absolute atomic E-state index is 13.8. The van der Waals surface area contributed by atoms with Crippen molar-refractivity contribution in [2.45, 2.75) is 6.92 Å². The standard InChI is InChI=1S/C12H13BrFN3O/c1-6-10(14)9(13)4-7(11(6)18-3)8-5-16-17(2)12(8)15/h4-5H,15H2,1-3H3.